The quantitative estimate of drug-likeness (QED) is 0.491. The molecule has 0 saturated heterocycles. The van der Waals surface area contributed by atoms with Gasteiger partial charge >= 0.3 is 0 Å². The van der Waals surface area contributed by atoms with Gasteiger partial charge in [-0.15, -0.1) is 0 Å². The van der Waals surface area contributed by atoms with E-state index >= 15 is 0 Å². The molecule has 0 aromatic heterocycles. The zero-order valence-corrected chi connectivity index (χ0v) is 8.74. The van der Waals surface area contributed by atoms with Crippen LogP contribution < -0.4 is 11.5 Å². The van der Waals surface area contributed by atoms with Gasteiger partial charge in [-0.2, -0.15) is 0 Å². The summed E-state index contributed by atoms with van der Waals surface area (Å²) < 4.78 is 64.9. The van der Waals surface area contributed by atoms with Crippen LogP contribution in [0.15, 0.2) is 0 Å². The second kappa shape index (κ2) is 5.42. The number of nitrogens with two attached hydrogens (primary N) is 2. The summed E-state index contributed by atoms with van der Waals surface area (Å²) in [6.45, 7) is 0.211. The van der Waals surface area contributed by atoms with E-state index in [1.807, 2.05) is 0 Å². The Hall–Kier alpha value is -1.21. The number of halogens is 5. The highest BCUT2D eigenvalue weighted by atomic mass is 19.2. The van der Waals surface area contributed by atoms with Crippen LogP contribution in [0.1, 0.15) is 24.4 Å². The number of benzene rings is 1. The van der Waals surface area contributed by atoms with Crippen molar-refractivity contribution in [3.63, 3.8) is 0 Å². The Morgan fingerprint density at radius 2 is 1.24 bits per heavy atom. The van der Waals surface area contributed by atoms with Crippen LogP contribution >= 0.6 is 0 Å². The molecule has 1 aromatic rings. The topological polar surface area (TPSA) is 52.0 Å². The predicted octanol–water partition coefficient (Wildman–Crippen LogP) is 2.12. The van der Waals surface area contributed by atoms with Crippen LogP contribution in [0.5, 0.6) is 0 Å². The van der Waals surface area contributed by atoms with Crippen LogP contribution in [0.4, 0.5) is 22.0 Å². The molecule has 1 rings (SSSR count). The number of hydrogen-bond acceptors (Lipinski definition) is 2. The second-order valence-electron chi connectivity index (χ2n) is 3.52. The first-order valence-electron chi connectivity index (χ1n) is 4.88. The monoisotopic (exact) mass is 254 g/mol. The highest BCUT2D eigenvalue weighted by Gasteiger charge is 2.28. The average molecular weight is 254 g/mol. The molecule has 0 aliphatic heterocycles. The summed E-state index contributed by atoms with van der Waals surface area (Å²) in [5.41, 5.74) is 9.55. The molecule has 96 valence electrons. The fourth-order valence-electron chi connectivity index (χ4n) is 1.43. The summed E-state index contributed by atoms with van der Waals surface area (Å²) in [7, 11) is 0. The first-order chi connectivity index (χ1) is 7.91. The van der Waals surface area contributed by atoms with E-state index < -0.39 is 40.7 Å². The molecule has 17 heavy (non-hydrogen) atoms. The summed E-state index contributed by atoms with van der Waals surface area (Å²) in [5, 5.41) is 0. The molecule has 1 atom stereocenters. The summed E-state index contributed by atoms with van der Waals surface area (Å²) in [6, 6.07) is -1.27. The Morgan fingerprint density at radius 1 is 0.824 bits per heavy atom. The van der Waals surface area contributed by atoms with E-state index in [4.69, 9.17) is 11.5 Å². The minimum atomic E-state index is -2.19. The van der Waals surface area contributed by atoms with E-state index in [0.29, 0.717) is 6.42 Å². The zero-order chi connectivity index (χ0) is 13.2. The van der Waals surface area contributed by atoms with E-state index in [-0.39, 0.29) is 13.0 Å². The third kappa shape index (κ3) is 2.55. The van der Waals surface area contributed by atoms with Crippen LogP contribution in [-0.4, -0.2) is 6.54 Å². The summed E-state index contributed by atoms with van der Waals surface area (Å²) in [6.07, 6.45) is 0.357. The van der Waals surface area contributed by atoms with Gasteiger partial charge < -0.3 is 11.5 Å². The van der Waals surface area contributed by atoms with E-state index in [1.54, 1.807) is 0 Å². The normalized spacial score (nSPS) is 12.9. The van der Waals surface area contributed by atoms with Crippen molar-refractivity contribution in [1.29, 1.82) is 0 Å². The zero-order valence-electron chi connectivity index (χ0n) is 8.74. The van der Waals surface area contributed by atoms with Gasteiger partial charge in [0.2, 0.25) is 5.82 Å². The van der Waals surface area contributed by atoms with E-state index in [0.717, 1.165) is 0 Å². The highest BCUT2D eigenvalue weighted by Crippen LogP contribution is 2.28. The molecule has 0 unspecified atom stereocenters. The van der Waals surface area contributed by atoms with Crippen LogP contribution in [0, 0.1) is 29.1 Å². The van der Waals surface area contributed by atoms with Gasteiger partial charge in [0.1, 0.15) is 0 Å². The molecule has 2 nitrogen and oxygen atoms in total. The molecular weight excluding hydrogens is 243 g/mol. The van der Waals surface area contributed by atoms with Crippen molar-refractivity contribution in [1.82, 2.24) is 0 Å². The van der Waals surface area contributed by atoms with Crippen LogP contribution in [0.3, 0.4) is 0 Å². The fraction of sp³-hybridized carbons (Fsp3) is 0.400. The molecular formula is C10H11F5N2. The van der Waals surface area contributed by atoms with Crippen LogP contribution in [0.25, 0.3) is 0 Å². The van der Waals surface area contributed by atoms with Crippen molar-refractivity contribution in [2.24, 2.45) is 11.5 Å². The van der Waals surface area contributed by atoms with Gasteiger partial charge in [-0.3, -0.25) is 0 Å². The Balaban J connectivity index is 3.24. The van der Waals surface area contributed by atoms with E-state index in [2.05, 4.69) is 0 Å². The maximum absolute atomic E-state index is 13.2. The minimum Gasteiger partial charge on any atom is -0.330 e. The van der Waals surface area contributed by atoms with Crippen molar-refractivity contribution in [2.45, 2.75) is 18.9 Å². The molecule has 0 fully saturated rings. The summed E-state index contributed by atoms with van der Waals surface area (Å²) >= 11 is 0. The largest absolute Gasteiger partial charge is 0.330 e. The van der Waals surface area contributed by atoms with Crippen LogP contribution in [-0.2, 0) is 0 Å². The van der Waals surface area contributed by atoms with Gasteiger partial charge in [-0.1, -0.05) is 0 Å². The molecule has 0 amide bonds. The maximum atomic E-state index is 13.2. The first-order valence-corrected chi connectivity index (χ1v) is 4.88. The minimum absolute atomic E-state index is 0.0366. The molecule has 0 aliphatic rings. The molecule has 4 N–H and O–H groups in total. The highest BCUT2D eigenvalue weighted by molar-refractivity contribution is 5.26. The molecule has 0 heterocycles. The lowest BCUT2D eigenvalue weighted by atomic mass is 10.0. The third-order valence-electron chi connectivity index (χ3n) is 2.33. The molecule has 0 bridgehead atoms. The van der Waals surface area contributed by atoms with E-state index in [1.165, 1.54) is 0 Å². The lowest BCUT2D eigenvalue weighted by Gasteiger charge is -2.14. The number of rotatable bonds is 4. The van der Waals surface area contributed by atoms with Gasteiger partial charge in [-0.25, -0.2) is 22.0 Å². The standard InChI is InChI=1S/C10H11F5N2/c11-6-5(4(17)2-1-3-16)7(12)9(14)10(15)8(6)13/h4H,1-3,16-17H2/t4-/m0/s1. The van der Waals surface area contributed by atoms with Crippen molar-refractivity contribution < 1.29 is 22.0 Å². The molecule has 0 spiro atoms. The first kappa shape index (κ1) is 13.9. The van der Waals surface area contributed by atoms with Gasteiger partial charge in [0.05, 0.1) is 0 Å². The Morgan fingerprint density at radius 3 is 1.65 bits per heavy atom. The lowest BCUT2D eigenvalue weighted by Crippen LogP contribution is -2.19. The Bertz CT molecular complexity index is 393. The molecule has 1 aromatic carbocycles. The van der Waals surface area contributed by atoms with Crippen molar-refractivity contribution in [3.05, 3.63) is 34.6 Å². The molecule has 7 heteroatoms. The predicted molar refractivity (Wildman–Crippen MR) is 51.4 cm³/mol. The number of hydrogen-bond donors (Lipinski definition) is 2. The lowest BCUT2D eigenvalue weighted by molar-refractivity contribution is 0.361. The van der Waals surface area contributed by atoms with Gasteiger partial charge in [0.25, 0.3) is 0 Å². The Kier molecular flexibility index (Phi) is 4.41. The van der Waals surface area contributed by atoms with Crippen molar-refractivity contribution >= 4 is 0 Å². The fourth-order valence-corrected chi connectivity index (χ4v) is 1.43. The molecule has 0 aliphatic carbocycles. The average Bonchev–Trinajstić information content (AvgIpc) is 2.31. The third-order valence-corrected chi connectivity index (χ3v) is 2.33. The second-order valence-corrected chi connectivity index (χ2v) is 3.52. The summed E-state index contributed by atoms with van der Waals surface area (Å²) in [4.78, 5) is 0. The van der Waals surface area contributed by atoms with Gasteiger partial charge in [0, 0.05) is 11.6 Å². The molecule has 0 saturated carbocycles. The van der Waals surface area contributed by atoms with Crippen molar-refractivity contribution in [3.8, 4) is 0 Å². The smallest absolute Gasteiger partial charge is 0.200 e. The Labute approximate surface area is 94.4 Å². The summed E-state index contributed by atoms with van der Waals surface area (Å²) in [5.74, 6) is -9.92. The molecule has 0 radical (unpaired) electrons. The SMILES string of the molecule is NCCC[C@H](N)c1c(F)c(F)c(F)c(F)c1F. The van der Waals surface area contributed by atoms with Gasteiger partial charge in [-0.05, 0) is 19.4 Å². The van der Waals surface area contributed by atoms with E-state index in [9.17, 15) is 22.0 Å². The maximum Gasteiger partial charge on any atom is 0.200 e. The van der Waals surface area contributed by atoms with Crippen molar-refractivity contribution in [2.75, 3.05) is 6.54 Å². The van der Waals surface area contributed by atoms with Crippen LogP contribution in [0.2, 0.25) is 0 Å². The van der Waals surface area contributed by atoms with Gasteiger partial charge in [0.15, 0.2) is 23.3 Å².